The molecule has 1 saturated carbocycles. The minimum atomic E-state index is -0.126. The molecule has 108 valence electrons. The zero-order chi connectivity index (χ0) is 14.1. The van der Waals surface area contributed by atoms with Crippen LogP contribution in [0.15, 0.2) is 22.7 Å². The zero-order valence-electron chi connectivity index (χ0n) is 11.7. The summed E-state index contributed by atoms with van der Waals surface area (Å²) >= 11 is 7.45. The van der Waals surface area contributed by atoms with Crippen LogP contribution >= 0.6 is 31.9 Å². The van der Waals surface area contributed by atoms with Gasteiger partial charge in [-0.1, -0.05) is 45.7 Å². The summed E-state index contributed by atoms with van der Waals surface area (Å²) in [7, 11) is 0. The van der Waals surface area contributed by atoms with Crippen molar-refractivity contribution in [1.29, 1.82) is 0 Å². The van der Waals surface area contributed by atoms with E-state index in [0.717, 1.165) is 29.7 Å². The molecule has 3 aliphatic rings. The second kappa shape index (κ2) is 4.23. The van der Waals surface area contributed by atoms with Crippen molar-refractivity contribution in [2.75, 3.05) is 6.61 Å². The molecule has 4 atom stereocenters. The number of halogens is 2. The molecule has 2 bridgehead atoms. The molecule has 2 fully saturated rings. The summed E-state index contributed by atoms with van der Waals surface area (Å²) in [5.41, 5.74) is 1.24. The third-order valence-electron chi connectivity index (χ3n) is 5.40. The van der Waals surface area contributed by atoms with E-state index in [1.54, 1.807) is 0 Å². The number of fused-ring (bicyclic) bond motifs is 2. The van der Waals surface area contributed by atoms with Crippen molar-refractivity contribution in [1.82, 2.24) is 0 Å². The summed E-state index contributed by atoms with van der Waals surface area (Å²) in [4.78, 5) is 0.523. The maximum atomic E-state index is 6.49. The van der Waals surface area contributed by atoms with Gasteiger partial charge >= 0.3 is 0 Å². The highest BCUT2D eigenvalue weighted by molar-refractivity contribution is 9.10. The molecule has 2 heterocycles. The Bertz CT molecular complexity index is 572. The van der Waals surface area contributed by atoms with Crippen molar-refractivity contribution in [3.63, 3.8) is 0 Å². The summed E-state index contributed by atoms with van der Waals surface area (Å²) in [6, 6.07) is 6.28. The van der Waals surface area contributed by atoms with Crippen LogP contribution in [-0.2, 0) is 4.74 Å². The molecule has 20 heavy (non-hydrogen) atoms. The molecule has 0 radical (unpaired) electrons. The van der Waals surface area contributed by atoms with E-state index in [2.05, 4.69) is 63.9 Å². The first-order valence-electron chi connectivity index (χ1n) is 7.18. The van der Waals surface area contributed by atoms with Gasteiger partial charge in [-0.15, -0.1) is 0 Å². The van der Waals surface area contributed by atoms with E-state index in [1.807, 2.05) is 0 Å². The van der Waals surface area contributed by atoms with Crippen molar-refractivity contribution in [3.8, 4) is 5.75 Å². The molecule has 1 aromatic rings. The molecule has 0 spiro atoms. The third kappa shape index (κ3) is 1.65. The van der Waals surface area contributed by atoms with Crippen LogP contribution in [-0.4, -0.2) is 17.0 Å². The van der Waals surface area contributed by atoms with Gasteiger partial charge in [-0.3, -0.25) is 0 Å². The topological polar surface area (TPSA) is 18.5 Å². The molecule has 1 aromatic carbocycles. The lowest BCUT2D eigenvalue weighted by Crippen LogP contribution is -2.57. The fourth-order valence-corrected chi connectivity index (χ4v) is 5.29. The van der Waals surface area contributed by atoms with Crippen LogP contribution in [0.1, 0.15) is 38.4 Å². The van der Waals surface area contributed by atoms with E-state index in [4.69, 9.17) is 9.47 Å². The monoisotopic (exact) mass is 400 g/mol. The van der Waals surface area contributed by atoms with E-state index in [0.29, 0.717) is 10.7 Å². The largest absolute Gasteiger partial charge is 0.484 e. The molecule has 2 nitrogen and oxygen atoms in total. The molecule has 0 aromatic heterocycles. The number of ether oxygens (including phenoxy) is 2. The van der Waals surface area contributed by atoms with Gasteiger partial charge in [0.25, 0.3) is 0 Å². The predicted molar refractivity (Wildman–Crippen MR) is 85.4 cm³/mol. The van der Waals surface area contributed by atoms with Crippen molar-refractivity contribution in [2.24, 2.45) is 11.3 Å². The maximum absolute atomic E-state index is 6.49. The molecule has 4 unspecified atom stereocenters. The highest BCUT2D eigenvalue weighted by Gasteiger charge is 2.64. The van der Waals surface area contributed by atoms with Gasteiger partial charge in [-0.2, -0.15) is 0 Å². The van der Waals surface area contributed by atoms with Crippen molar-refractivity contribution in [2.45, 2.75) is 43.2 Å². The molecule has 1 saturated heterocycles. The third-order valence-corrected chi connectivity index (χ3v) is 7.53. The highest BCUT2D eigenvalue weighted by atomic mass is 79.9. The Labute approximate surface area is 136 Å². The van der Waals surface area contributed by atoms with Gasteiger partial charge in [-0.25, -0.2) is 0 Å². The first kappa shape index (κ1) is 13.6. The minimum absolute atomic E-state index is 0.126. The summed E-state index contributed by atoms with van der Waals surface area (Å²) < 4.78 is 13.8. The highest BCUT2D eigenvalue weighted by Crippen LogP contribution is 2.63. The summed E-state index contributed by atoms with van der Waals surface area (Å²) in [6.45, 7) is 5.41. The summed E-state index contributed by atoms with van der Waals surface area (Å²) in [5, 5.41) is 0. The number of alkyl halides is 1. The number of hydrogen-bond acceptors (Lipinski definition) is 2. The van der Waals surface area contributed by atoms with Gasteiger partial charge in [0, 0.05) is 20.8 Å². The SMILES string of the molecule is CC1(C)C(Br)CCC23COC(c4cc(Br)ccc4O2)C31. The van der Waals surface area contributed by atoms with E-state index in [9.17, 15) is 0 Å². The van der Waals surface area contributed by atoms with Crippen LogP contribution in [0.4, 0.5) is 0 Å². The number of benzene rings is 1. The van der Waals surface area contributed by atoms with Gasteiger partial charge in [0.15, 0.2) is 0 Å². The van der Waals surface area contributed by atoms with E-state index in [-0.39, 0.29) is 17.1 Å². The van der Waals surface area contributed by atoms with Crippen LogP contribution in [0.25, 0.3) is 0 Å². The van der Waals surface area contributed by atoms with E-state index in [1.165, 1.54) is 5.56 Å². The van der Waals surface area contributed by atoms with Crippen molar-refractivity contribution >= 4 is 31.9 Å². The Balaban J connectivity index is 1.88. The first-order chi connectivity index (χ1) is 9.44. The number of hydrogen-bond donors (Lipinski definition) is 0. The average molecular weight is 402 g/mol. The molecule has 4 heteroatoms. The van der Waals surface area contributed by atoms with E-state index < -0.39 is 0 Å². The van der Waals surface area contributed by atoms with Gasteiger partial charge in [0.2, 0.25) is 0 Å². The lowest BCUT2D eigenvalue weighted by atomic mass is 9.59. The Kier molecular flexibility index (Phi) is 2.88. The molecule has 2 aliphatic heterocycles. The fraction of sp³-hybridized carbons (Fsp3) is 0.625. The van der Waals surface area contributed by atoms with Crippen LogP contribution in [0.2, 0.25) is 0 Å². The van der Waals surface area contributed by atoms with Crippen LogP contribution in [0.3, 0.4) is 0 Å². The predicted octanol–water partition coefficient (Wildman–Crippen LogP) is 4.85. The minimum Gasteiger partial charge on any atom is -0.484 e. The molecule has 4 rings (SSSR count). The van der Waals surface area contributed by atoms with Crippen LogP contribution in [0.5, 0.6) is 5.75 Å². The van der Waals surface area contributed by atoms with Crippen LogP contribution < -0.4 is 4.74 Å². The second-order valence-electron chi connectivity index (χ2n) is 6.89. The lowest BCUT2D eigenvalue weighted by Gasteiger charge is -2.53. The normalized spacial score (nSPS) is 40.7. The van der Waals surface area contributed by atoms with Gasteiger partial charge < -0.3 is 9.47 Å². The quantitative estimate of drug-likeness (QED) is 0.578. The maximum Gasteiger partial charge on any atom is 0.138 e. The van der Waals surface area contributed by atoms with Gasteiger partial charge in [0.05, 0.1) is 12.7 Å². The van der Waals surface area contributed by atoms with Gasteiger partial charge in [0.1, 0.15) is 11.4 Å². The average Bonchev–Trinajstić information content (AvgIpc) is 2.71. The smallest absolute Gasteiger partial charge is 0.138 e. The Morgan fingerprint density at radius 3 is 2.90 bits per heavy atom. The molecular formula is C16H18Br2O2. The van der Waals surface area contributed by atoms with Crippen molar-refractivity contribution < 1.29 is 9.47 Å². The Morgan fingerprint density at radius 1 is 1.30 bits per heavy atom. The summed E-state index contributed by atoms with van der Waals surface area (Å²) in [5.74, 6) is 1.42. The first-order valence-corrected chi connectivity index (χ1v) is 8.89. The summed E-state index contributed by atoms with van der Waals surface area (Å²) in [6.07, 6.45) is 2.38. The number of rotatable bonds is 0. The van der Waals surface area contributed by atoms with E-state index >= 15 is 0 Å². The zero-order valence-corrected chi connectivity index (χ0v) is 14.8. The lowest BCUT2D eigenvalue weighted by molar-refractivity contribution is -0.0678. The Morgan fingerprint density at radius 2 is 2.10 bits per heavy atom. The fourth-order valence-electron chi connectivity index (χ4n) is 4.39. The second-order valence-corrected chi connectivity index (χ2v) is 8.91. The molecule has 1 aliphatic carbocycles. The molecular weight excluding hydrogens is 384 g/mol. The molecule has 0 amide bonds. The standard InChI is InChI=1S/C16H18Br2O2/c1-15(2)12(18)5-6-16-8-19-13(14(15)16)10-7-9(17)3-4-11(10)20-16/h3-4,7,12-14H,5-6,8H2,1-2H3. The van der Waals surface area contributed by atoms with Crippen molar-refractivity contribution in [3.05, 3.63) is 28.2 Å². The van der Waals surface area contributed by atoms with Gasteiger partial charge in [-0.05, 0) is 36.5 Å². The molecule has 0 N–H and O–H groups in total. The van der Waals surface area contributed by atoms with Crippen LogP contribution in [0, 0.1) is 11.3 Å². The Hall–Kier alpha value is -0.0600.